The van der Waals surface area contributed by atoms with Crippen LogP contribution in [0.3, 0.4) is 0 Å². The molecule has 0 unspecified atom stereocenters. The van der Waals surface area contributed by atoms with Gasteiger partial charge in [0.1, 0.15) is 0 Å². The summed E-state index contributed by atoms with van der Waals surface area (Å²) in [6, 6.07) is 8.63. The topological polar surface area (TPSA) is 0 Å². The van der Waals surface area contributed by atoms with Gasteiger partial charge in [0.05, 0.1) is 0 Å². The van der Waals surface area contributed by atoms with E-state index in [1.807, 2.05) is 0 Å². The third-order valence-electron chi connectivity index (χ3n) is 1.78. The molecule has 0 N–H and O–H groups in total. The molecule has 0 saturated carbocycles. The van der Waals surface area contributed by atoms with Crippen molar-refractivity contribution in [2.24, 2.45) is 0 Å². The minimum atomic E-state index is 1.25. The molecule has 0 fully saturated rings. The van der Waals surface area contributed by atoms with E-state index >= 15 is 0 Å². The van der Waals surface area contributed by atoms with E-state index in [1.165, 1.54) is 19.3 Å². The molecule has 0 amide bonds. The molecule has 1 aromatic rings. The maximum atomic E-state index is 2.21. The van der Waals surface area contributed by atoms with Crippen molar-refractivity contribution < 1.29 is 0 Å². The molecule has 0 radical (unpaired) electrons. The van der Waals surface area contributed by atoms with Crippen molar-refractivity contribution in [1.29, 1.82) is 0 Å². The van der Waals surface area contributed by atoms with Crippen LogP contribution in [0, 0.1) is 0 Å². The van der Waals surface area contributed by atoms with E-state index in [4.69, 9.17) is 0 Å². The summed E-state index contributed by atoms with van der Waals surface area (Å²) in [5.74, 6) is 0. The molecular weight excluding hydrogens is 132 g/mol. The summed E-state index contributed by atoms with van der Waals surface area (Å²) in [6.07, 6.45) is 3.85. The monoisotopic (exact) mass is 148 g/mol. The van der Waals surface area contributed by atoms with E-state index in [2.05, 4.69) is 38.1 Å². The first-order chi connectivity index (χ1) is 5.38. The van der Waals surface area contributed by atoms with Crippen molar-refractivity contribution in [2.45, 2.75) is 33.1 Å². The first-order valence-corrected chi connectivity index (χ1v) is 4.45. The summed E-state index contributed by atoms with van der Waals surface area (Å²) in [5, 5.41) is 0. The minimum Gasteiger partial charge on any atom is -0.0656 e. The third-order valence-corrected chi connectivity index (χ3v) is 1.78. The molecule has 1 aliphatic rings. The van der Waals surface area contributed by atoms with Gasteiger partial charge in [0.25, 0.3) is 0 Å². The lowest BCUT2D eigenvalue weighted by molar-refractivity contribution is 0.839. The maximum Gasteiger partial charge on any atom is -0.0235 e. The predicted molar refractivity (Wildman–Crippen MR) is 49.8 cm³/mol. The van der Waals surface area contributed by atoms with Gasteiger partial charge < -0.3 is 0 Å². The van der Waals surface area contributed by atoms with Crippen LogP contribution in [0.1, 0.15) is 31.4 Å². The van der Waals surface area contributed by atoms with E-state index in [1.54, 1.807) is 11.1 Å². The Labute approximate surface area is 69.3 Å². The van der Waals surface area contributed by atoms with E-state index in [0.717, 1.165) is 0 Å². The van der Waals surface area contributed by atoms with Gasteiger partial charge in [0, 0.05) is 0 Å². The second-order valence-electron chi connectivity index (χ2n) is 2.98. The van der Waals surface area contributed by atoms with Crippen molar-refractivity contribution in [3.8, 4) is 0 Å². The molecule has 0 heteroatoms. The van der Waals surface area contributed by atoms with Crippen LogP contribution in [-0.4, -0.2) is 0 Å². The largest absolute Gasteiger partial charge is 0.0656 e. The summed E-state index contributed by atoms with van der Waals surface area (Å²) in [4.78, 5) is 0. The fourth-order valence-electron chi connectivity index (χ4n) is 1.14. The first-order valence-electron chi connectivity index (χ1n) is 4.45. The maximum absolute atomic E-state index is 2.21. The van der Waals surface area contributed by atoms with Gasteiger partial charge in [0.2, 0.25) is 0 Å². The van der Waals surface area contributed by atoms with Gasteiger partial charge in [-0.3, -0.25) is 0 Å². The van der Waals surface area contributed by atoms with Gasteiger partial charge in [-0.25, -0.2) is 0 Å². The average molecular weight is 148 g/mol. The fourth-order valence-corrected chi connectivity index (χ4v) is 1.14. The fraction of sp³-hybridized carbons (Fsp3) is 0.455. The lowest BCUT2D eigenvalue weighted by Gasteiger charge is -2.16. The van der Waals surface area contributed by atoms with Gasteiger partial charge >= 0.3 is 0 Å². The van der Waals surface area contributed by atoms with Crippen LogP contribution < -0.4 is 0 Å². The molecule has 1 aliphatic carbocycles. The van der Waals surface area contributed by atoms with Gasteiger partial charge in [-0.15, -0.1) is 0 Å². The van der Waals surface area contributed by atoms with Crippen molar-refractivity contribution in [1.82, 2.24) is 0 Å². The number of aryl methyl sites for hydroxylation is 2. The van der Waals surface area contributed by atoms with Gasteiger partial charge in [-0.2, -0.15) is 0 Å². The van der Waals surface area contributed by atoms with Gasteiger partial charge in [-0.1, -0.05) is 44.5 Å². The number of benzene rings is 1. The van der Waals surface area contributed by atoms with Crippen molar-refractivity contribution >= 4 is 0 Å². The highest BCUT2D eigenvalue weighted by molar-refractivity contribution is 5.34. The molecular formula is C11H16. The molecule has 2 rings (SSSR count). The Morgan fingerprint density at radius 2 is 1.36 bits per heavy atom. The summed E-state index contributed by atoms with van der Waals surface area (Å²) in [5.41, 5.74) is 3.10. The Hall–Kier alpha value is -0.780. The molecule has 0 atom stereocenters. The van der Waals surface area contributed by atoms with Crippen LogP contribution in [0.25, 0.3) is 0 Å². The van der Waals surface area contributed by atoms with E-state index < -0.39 is 0 Å². The average Bonchev–Trinajstić information content (AvgIpc) is 1.94. The highest BCUT2D eigenvalue weighted by Crippen LogP contribution is 2.20. The zero-order valence-corrected chi connectivity index (χ0v) is 7.43. The van der Waals surface area contributed by atoms with Crippen LogP contribution >= 0.6 is 0 Å². The Bertz CT molecular complexity index is 190. The lowest BCUT2D eigenvalue weighted by Crippen LogP contribution is -2.06. The molecule has 0 aromatic heterocycles. The number of hydrogen-bond donors (Lipinski definition) is 0. The molecule has 60 valence electrons. The zero-order valence-electron chi connectivity index (χ0n) is 7.43. The molecule has 0 heterocycles. The Balaban J connectivity index is 0.000000179. The first kappa shape index (κ1) is 8.32. The summed E-state index contributed by atoms with van der Waals surface area (Å²) in [7, 11) is 0. The van der Waals surface area contributed by atoms with Crippen molar-refractivity contribution in [3.05, 3.63) is 35.4 Å². The van der Waals surface area contributed by atoms with Crippen LogP contribution in [-0.2, 0) is 12.8 Å². The van der Waals surface area contributed by atoms with Gasteiger partial charge in [-0.05, 0) is 24.0 Å². The van der Waals surface area contributed by atoms with Crippen LogP contribution in [0.2, 0.25) is 0 Å². The number of fused-ring (bicyclic) bond motifs is 1. The molecule has 11 heavy (non-hydrogen) atoms. The minimum absolute atomic E-state index is 1.25. The Kier molecular flexibility index (Phi) is 3.15. The zero-order chi connectivity index (χ0) is 8.10. The second kappa shape index (κ2) is 4.17. The number of hydrogen-bond acceptors (Lipinski definition) is 0. The molecule has 0 nitrogen and oxygen atoms in total. The summed E-state index contributed by atoms with van der Waals surface area (Å²) in [6.45, 7) is 4.25. The molecule has 0 bridgehead atoms. The van der Waals surface area contributed by atoms with Crippen molar-refractivity contribution in [3.63, 3.8) is 0 Å². The van der Waals surface area contributed by atoms with E-state index in [0.29, 0.717) is 0 Å². The lowest BCUT2D eigenvalue weighted by atomic mass is 9.89. The predicted octanol–water partition coefficient (Wildman–Crippen LogP) is 3.20. The van der Waals surface area contributed by atoms with Gasteiger partial charge in [0.15, 0.2) is 0 Å². The highest BCUT2D eigenvalue weighted by atomic mass is 14.1. The van der Waals surface area contributed by atoms with Crippen LogP contribution in [0.15, 0.2) is 24.3 Å². The SMILES string of the molecule is CCC.c1ccc2c(c1)CC2. The Morgan fingerprint density at radius 3 is 1.55 bits per heavy atom. The molecule has 1 aromatic carbocycles. The normalized spacial score (nSPS) is 12.2. The summed E-state index contributed by atoms with van der Waals surface area (Å²) >= 11 is 0. The second-order valence-corrected chi connectivity index (χ2v) is 2.98. The smallest absolute Gasteiger partial charge is 0.0235 e. The van der Waals surface area contributed by atoms with E-state index in [9.17, 15) is 0 Å². The molecule has 0 saturated heterocycles. The third kappa shape index (κ3) is 2.07. The number of rotatable bonds is 0. The van der Waals surface area contributed by atoms with E-state index in [-0.39, 0.29) is 0 Å². The quantitative estimate of drug-likeness (QED) is 0.530. The molecule has 0 aliphatic heterocycles. The van der Waals surface area contributed by atoms with Crippen LogP contribution in [0.4, 0.5) is 0 Å². The standard InChI is InChI=1S/C8H8.C3H8/c1-2-4-8-6-5-7(8)3-1;1-3-2/h1-4H,5-6H2;3H2,1-2H3. The highest BCUT2D eigenvalue weighted by Gasteiger charge is 2.09. The van der Waals surface area contributed by atoms with Crippen molar-refractivity contribution in [2.75, 3.05) is 0 Å². The molecule has 0 spiro atoms. The van der Waals surface area contributed by atoms with Crippen LogP contribution in [0.5, 0.6) is 0 Å². The summed E-state index contributed by atoms with van der Waals surface area (Å²) < 4.78 is 0. The Morgan fingerprint density at radius 1 is 1.00 bits per heavy atom.